The molecule has 10 nitrogen and oxygen atoms in total. The number of nitrogens with one attached hydrogen (secondary N) is 2. The van der Waals surface area contributed by atoms with E-state index < -0.39 is 5.91 Å². The number of ether oxygens (including phenoxy) is 1. The van der Waals surface area contributed by atoms with Crippen LogP contribution < -0.4 is 25.7 Å². The number of aryl methyl sites for hydroxylation is 2. The maximum absolute atomic E-state index is 12.6. The highest BCUT2D eigenvalue weighted by molar-refractivity contribution is 9.10. The summed E-state index contributed by atoms with van der Waals surface area (Å²) in [6.45, 7) is 6.65. The second-order valence-electron chi connectivity index (χ2n) is 6.58. The first-order valence-corrected chi connectivity index (χ1v) is 10.7. The topological polar surface area (TPSA) is 128 Å². The standard InChI is InChI=1S/C20H24BrN7O3/c1-3-27-14-6-5-13(31-8-7-23-12-29)9-15(14)28(4-2)17(27)11-25-20(30)18-19(22)24-10-16(21)26-18/h5-6,9-10,12H,3-4,7-8,11H2,1-2H3,(H3-,22,23,24,25,29,30)/p+1. The smallest absolute Gasteiger partial charge is 0.277 e. The van der Waals surface area contributed by atoms with Gasteiger partial charge in [0.05, 0.1) is 25.8 Å². The van der Waals surface area contributed by atoms with Gasteiger partial charge in [-0.3, -0.25) is 9.59 Å². The third-order valence-corrected chi connectivity index (χ3v) is 5.16. The number of halogens is 1. The van der Waals surface area contributed by atoms with Gasteiger partial charge < -0.3 is 21.1 Å². The number of rotatable bonds is 10. The van der Waals surface area contributed by atoms with Crippen molar-refractivity contribution in [3.8, 4) is 5.75 Å². The Balaban J connectivity index is 1.87. The van der Waals surface area contributed by atoms with Gasteiger partial charge in [-0.05, 0) is 41.9 Å². The molecule has 1 aromatic carbocycles. The van der Waals surface area contributed by atoms with Crippen LogP contribution in [0.4, 0.5) is 5.82 Å². The van der Waals surface area contributed by atoms with Crippen molar-refractivity contribution in [3.05, 3.63) is 40.5 Å². The molecule has 2 aromatic heterocycles. The monoisotopic (exact) mass is 490 g/mol. The summed E-state index contributed by atoms with van der Waals surface area (Å²) < 4.78 is 10.4. The van der Waals surface area contributed by atoms with Gasteiger partial charge in [-0.25, -0.2) is 19.1 Å². The van der Waals surface area contributed by atoms with Crippen LogP contribution in [-0.4, -0.2) is 40.0 Å². The molecular weight excluding hydrogens is 466 g/mol. The Morgan fingerprint density at radius 1 is 1.39 bits per heavy atom. The SMILES string of the molecule is CCn1c(CNC(=O)c2nc(Br)cnc2N)[n+](CC)c2ccc(OCCNC=O)cc21. The predicted octanol–water partition coefficient (Wildman–Crippen LogP) is 1.16. The van der Waals surface area contributed by atoms with Crippen molar-refractivity contribution in [1.82, 2.24) is 25.2 Å². The highest BCUT2D eigenvalue weighted by Gasteiger charge is 2.25. The molecule has 2 heterocycles. The molecular formula is C20H25BrN7O3+. The van der Waals surface area contributed by atoms with Crippen LogP contribution in [0, 0.1) is 0 Å². The van der Waals surface area contributed by atoms with Crippen LogP contribution in [-0.2, 0) is 24.4 Å². The van der Waals surface area contributed by atoms with E-state index >= 15 is 0 Å². The van der Waals surface area contributed by atoms with E-state index in [0.29, 0.717) is 43.0 Å². The molecule has 0 spiro atoms. The molecule has 2 amide bonds. The van der Waals surface area contributed by atoms with E-state index in [1.54, 1.807) is 0 Å². The van der Waals surface area contributed by atoms with Crippen LogP contribution >= 0.6 is 15.9 Å². The zero-order valence-corrected chi connectivity index (χ0v) is 19.0. The normalized spacial score (nSPS) is 10.8. The van der Waals surface area contributed by atoms with Gasteiger partial charge in [0.15, 0.2) is 22.5 Å². The minimum absolute atomic E-state index is 0.0750. The lowest BCUT2D eigenvalue weighted by atomic mass is 10.3. The molecule has 0 atom stereocenters. The maximum atomic E-state index is 12.6. The quantitative estimate of drug-likeness (QED) is 0.222. The summed E-state index contributed by atoms with van der Waals surface area (Å²) in [5.74, 6) is 1.33. The van der Waals surface area contributed by atoms with Gasteiger partial charge in [0, 0.05) is 6.07 Å². The number of hydrogen-bond acceptors (Lipinski definition) is 6. The summed E-state index contributed by atoms with van der Waals surface area (Å²) in [5.41, 5.74) is 7.92. The lowest BCUT2D eigenvalue weighted by Crippen LogP contribution is -2.40. The Hall–Kier alpha value is -3.21. The van der Waals surface area contributed by atoms with Crippen LogP contribution in [0.15, 0.2) is 29.0 Å². The number of anilines is 1. The van der Waals surface area contributed by atoms with Crippen LogP contribution in [0.3, 0.4) is 0 Å². The number of imidazole rings is 1. The van der Waals surface area contributed by atoms with Gasteiger partial charge in [0.2, 0.25) is 6.41 Å². The molecule has 0 bridgehead atoms. The van der Waals surface area contributed by atoms with Crippen molar-refractivity contribution in [2.24, 2.45) is 0 Å². The van der Waals surface area contributed by atoms with Crippen LogP contribution in [0.2, 0.25) is 0 Å². The average Bonchev–Trinajstić information content (AvgIpc) is 3.08. The summed E-state index contributed by atoms with van der Waals surface area (Å²) in [6.07, 6.45) is 2.09. The van der Waals surface area contributed by atoms with Crippen molar-refractivity contribution < 1.29 is 18.9 Å². The first kappa shape index (κ1) is 22.5. The maximum Gasteiger partial charge on any atom is 0.277 e. The lowest BCUT2D eigenvalue weighted by Gasteiger charge is -2.07. The molecule has 3 aromatic rings. The van der Waals surface area contributed by atoms with E-state index in [0.717, 1.165) is 23.4 Å². The number of carbonyl (C=O) groups is 2. The molecule has 0 aliphatic carbocycles. The second-order valence-corrected chi connectivity index (χ2v) is 7.40. The molecule has 3 rings (SSSR count). The van der Waals surface area contributed by atoms with E-state index in [1.807, 2.05) is 25.1 Å². The van der Waals surface area contributed by atoms with Gasteiger partial charge in [0.25, 0.3) is 11.7 Å². The van der Waals surface area contributed by atoms with Crippen molar-refractivity contribution in [2.45, 2.75) is 33.5 Å². The van der Waals surface area contributed by atoms with E-state index in [9.17, 15) is 9.59 Å². The third-order valence-electron chi connectivity index (χ3n) is 4.78. The molecule has 0 radical (unpaired) electrons. The summed E-state index contributed by atoms with van der Waals surface area (Å²) in [7, 11) is 0. The summed E-state index contributed by atoms with van der Waals surface area (Å²) in [5, 5.41) is 5.47. The van der Waals surface area contributed by atoms with Crippen molar-refractivity contribution in [1.29, 1.82) is 0 Å². The van der Waals surface area contributed by atoms with Crippen molar-refractivity contribution in [2.75, 3.05) is 18.9 Å². The first-order chi connectivity index (χ1) is 15.0. The van der Waals surface area contributed by atoms with Gasteiger partial charge in [-0.2, -0.15) is 0 Å². The number of carbonyl (C=O) groups excluding carboxylic acids is 2. The van der Waals surface area contributed by atoms with Crippen molar-refractivity contribution in [3.63, 3.8) is 0 Å². The number of benzene rings is 1. The Kier molecular flexibility index (Phi) is 7.40. The zero-order chi connectivity index (χ0) is 22.4. The average molecular weight is 491 g/mol. The fourth-order valence-electron chi connectivity index (χ4n) is 3.43. The molecule has 164 valence electrons. The number of nitrogens with two attached hydrogens (primary N) is 1. The van der Waals surface area contributed by atoms with Crippen LogP contribution in [0.25, 0.3) is 11.0 Å². The van der Waals surface area contributed by atoms with E-state index in [1.165, 1.54) is 6.20 Å². The molecule has 4 N–H and O–H groups in total. The van der Waals surface area contributed by atoms with Crippen LogP contribution in [0.5, 0.6) is 5.75 Å². The van der Waals surface area contributed by atoms with Gasteiger partial charge in [0.1, 0.15) is 23.5 Å². The molecule has 0 saturated carbocycles. The number of hydrogen-bond donors (Lipinski definition) is 3. The Bertz CT molecular complexity index is 1100. The fourth-order valence-corrected chi connectivity index (χ4v) is 3.71. The molecule has 0 unspecified atom stereocenters. The fraction of sp³-hybridized carbons (Fsp3) is 0.350. The molecule has 0 aliphatic rings. The minimum atomic E-state index is -0.395. The highest BCUT2D eigenvalue weighted by Crippen LogP contribution is 2.22. The van der Waals surface area contributed by atoms with Gasteiger partial charge >= 0.3 is 0 Å². The Morgan fingerprint density at radius 3 is 2.90 bits per heavy atom. The number of fused-ring (bicyclic) bond motifs is 1. The van der Waals surface area contributed by atoms with E-state index in [4.69, 9.17) is 10.5 Å². The lowest BCUT2D eigenvalue weighted by molar-refractivity contribution is -0.676. The molecule has 0 saturated heterocycles. The second kappa shape index (κ2) is 10.2. The Morgan fingerprint density at radius 2 is 2.19 bits per heavy atom. The van der Waals surface area contributed by atoms with Crippen molar-refractivity contribution >= 4 is 45.1 Å². The largest absolute Gasteiger partial charge is 0.492 e. The summed E-state index contributed by atoms with van der Waals surface area (Å²) in [4.78, 5) is 31.1. The van der Waals surface area contributed by atoms with E-state index in [2.05, 4.69) is 52.6 Å². The van der Waals surface area contributed by atoms with Crippen LogP contribution in [0.1, 0.15) is 30.2 Å². The molecule has 0 aliphatic heterocycles. The van der Waals surface area contributed by atoms with Gasteiger partial charge in [-0.1, -0.05) is 0 Å². The number of amides is 2. The zero-order valence-electron chi connectivity index (χ0n) is 17.4. The van der Waals surface area contributed by atoms with E-state index in [-0.39, 0.29) is 11.5 Å². The number of nitrogens with zero attached hydrogens (tertiary/aromatic N) is 4. The minimum Gasteiger partial charge on any atom is -0.492 e. The number of nitrogen functional groups attached to an aromatic ring is 1. The third kappa shape index (κ3) is 4.93. The molecule has 31 heavy (non-hydrogen) atoms. The summed E-state index contributed by atoms with van der Waals surface area (Å²) in [6, 6.07) is 5.86. The molecule has 0 fully saturated rings. The number of aromatic nitrogens is 4. The summed E-state index contributed by atoms with van der Waals surface area (Å²) >= 11 is 3.21. The highest BCUT2D eigenvalue weighted by atomic mass is 79.9. The van der Waals surface area contributed by atoms with Gasteiger partial charge in [-0.15, -0.1) is 0 Å². The molecule has 11 heteroatoms. The predicted molar refractivity (Wildman–Crippen MR) is 118 cm³/mol. The first-order valence-electron chi connectivity index (χ1n) is 9.91. The Labute approximate surface area is 187 Å².